The Kier molecular flexibility index (Phi) is 6.11. The van der Waals surface area contributed by atoms with Crippen molar-refractivity contribution >= 4 is 58.1 Å². The van der Waals surface area contributed by atoms with Crippen LogP contribution in [-0.2, 0) is 4.79 Å². The van der Waals surface area contributed by atoms with E-state index in [4.69, 9.17) is 16.3 Å². The van der Waals surface area contributed by atoms with E-state index in [9.17, 15) is 4.79 Å². The van der Waals surface area contributed by atoms with Crippen LogP contribution < -0.4 is 9.64 Å². The monoisotopic (exact) mass is 483 g/mol. The molecule has 2 aliphatic heterocycles. The minimum Gasteiger partial charge on any atom is -0.457 e. The Balaban J connectivity index is 1.20. The number of nitrogens with zero attached hydrogens (tertiary/aromatic N) is 5. The number of hydrogen-bond donors (Lipinski definition) is 0. The first kappa shape index (κ1) is 21.0. The Morgan fingerprint density at radius 2 is 1.59 bits per heavy atom. The number of piperazine rings is 1. The van der Waals surface area contributed by atoms with Gasteiger partial charge in [0.05, 0.1) is 16.6 Å². The van der Waals surface area contributed by atoms with E-state index in [2.05, 4.69) is 23.5 Å². The molecule has 2 aromatic carbocycles. The van der Waals surface area contributed by atoms with Crippen LogP contribution in [0.4, 0.5) is 5.82 Å². The second-order valence-corrected chi connectivity index (χ2v) is 9.04. The summed E-state index contributed by atoms with van der Waals surface area (Å²) < 4.78 is 14.1. The summed E-state index contributed by atoms with van der Waals surface area (Å²) in [5, 5.41) is 1.18. The molecule has 1 saturated heterocycles. The van der Waals surface area contributed by atoms with E-state index >= 15 is 0 Å². The molecule has 162 valence electrons. The average molecular weight is 484 g/mol. The van der Waals surface area contributed by atoms with Crippen molar-refractivity contribution in [3.8, 4) is 11.5 Å². The molecule has 1 aromatic heterocycles. The van der Waals surface area contributed by atoms with Gasteiger partial charge in [0.15, 0.2) is 16.1 Å². The number of hydrogen-bond acceptors (Lipinski definition) is 8. The SMILES string of the molecule is O=C1N=C(N2CCN(c3nsnc3Cl)CC2)SC1=Cc1ccc(Oc2ccccc2)cc1. The minimum atomic E-state index is -0.205. The van der Waals surface area contributed by atoms with Gasteiger partial charge in [-0.2, -0.15) is 13.7 Å². The number of aliphatic imine (C=N–C) groups is 1. The lowest BCUT2D eigenvalue weighted by Crippen LogP contribution is -2.48. The Morgan fingerprint density at radius 1 is 0.906 bits per heavy atom. The molecule has 32 heavy (non-hydrogen) atoms. The van der Waals surface area contributed by atoms with Crippen LogP contribution in [0.15, 0.2) is 64.5 Å². The van der Waals surface area contributed by atoms with Crippen LogP contribution in [-0.4, -0.2) is 50.9 Å². The van der Waals surface area contributed by atoms with Crippen molar-refractivity contribution in [1.29, 1.82) is 0 Å². The molecule has 0 atom stereocenters. The second kappa shape index (κ2) is 9.32. The lowest BCUT2D eigenvalue weighted by Gasteiger charge is -2.35. The molecule has 1 amide bonds. The van der Waals surface area contributed by atoms with Crippen molar-refractivity contribution in [3.63, 3.8) is 0 Å². The van der Waals surface area contributed by atoms with E-state index in [0.29, 0.717) is 10.1 Å². The molecule has 10 heteroatoms. The number of rotatable bonds is 4. The van der Waals surface area contributed by atoms with Crippen LogP contribution in [0.5, 0.6) is 11.5 Å². The number of benzene rings is 2. The molecule has 0 aliphatic carbocycles. The predicted molar refractivity (Wildman–Crippen MR) is 130 cm³/mol. The molecule has 1 fully saturated rings. The highest BCUT2D eigenvalue weighted by Crippen LogP contribution is 2.32. The van der Waals surface area contributed by atoms with Crippen molar-refractivity contribution in [3.05, 3.63) is 70.2 Å². The van der Waals surface area contributed by atoms with E-state index in [-0.39, 0.29) is 5.91 Å². The van der Waals surface area contributed by atoms with Crippen LogP contribution in [0.25, 0.3) is 6.08 Å². The molecule has 0 saturated carbocycles. The molecular formula is C22H18ClN5O2S2. The van der Waals surface area contributed by atoms with Crippen LogP contribution in [0.1, 0.15) is 5.56 Å². The zero-order chi connectivity index (χ0) is 21.9. The van der Waals surface area contributed by atoms with Crippen LogP contribution >= 0.6 is 35.1 Å². The summed E-state index contributed by atoms with van der Waals surface area (Å²) in [7, 11) is 0. The van der Waals surface area contributed by atoms with Gasteiger partial charge in [-0.15, -0.1) is 0 Å². The molecule has 0 bridgehead atoms. The lowest BCUT2D eigenvalue weighted by molar-refractivity contribution is -0.113. The van der Waals surface area contributed by atoms with Gasteiger partial charge in [0, 0.05) is 26.2 Å². The van der Waals surface area contributed by atoms with E-state index in [1.165, 1.54) is 11.8 Å². The number of carbonyl (C=O) groups is 1. The minimum absolute atomic E-state index is 0.205. The smallest absolute Gasteiger partial charge is 0.286 e. The summed E-state index contributed by atoms with van der Waals surface area (Å²) in [6, 6.07) is 17.3. The van der Waals surface area contributed by atoms with Crippen LogP contribution in [0.2, 0.25) is 5.15 Å². The molecular weight excluding hydrogens is 466 g/mol. The first-order valence-electron chi connectivity index (χ1n) is 9.99. The lowest BCUT2D eigenvalue weighted by atomic mass is 10.2. The number of thioether (sulfide) groups is 1. The number of anilines is 1. The second-order valence-electron chi connectivity index (χ2n) is 7.15. The third-order valence-corrected chi connectivity index (χ3v) is 6.97. The van der Waals surface area contributed by atoms with Crippen molar-refractivity contribution in [2.45, 2.75) is 0 Å². The van der Waals surface area contributed by atoms with Crippen molar-refractivity contribution in [2.24, 2.45) is 4.99 Å². The molecule has 3 heterocycles. The van der Waals surface area contributed by atoms with Gasteiger partial charge in [-0.1, -0.05) is 41.9 Å². The maximum absolute atomic E-state index is 12.5. The Bertz CT molecular complexity index is 1170. The standard InChI is InChI=1S/C22H18ClN5O2S2/c23-19-20(26-32-25-19)27-10-12-28(13-11-27)22-24-21(29)18(31-22)14-15-6-8-17(9-7-15)30-16-4-2-1-3-5-16/h1-9,14H,10-13H2. The fraction of sp³-hybridized carbons (Fsp3) is 0.182. The van der Waals surface area contributed by atoms with Gasteiger partial charge in [0.2, 0.25) is 0 Å². The molecule has 7 nitrogen and oxygen atoms in total. The zero-order valence-electron chi connectivity index (χ0n) is 16.8. The summed E-state index contributed by atoms with van der Waals surface area (Å²) in [5.74, 6) is 2.05. The van der Waals surface area contributed by atoms with Gasteiger partial charge < -0.3 is 14.5 Å². The van der Waals surface area contributed by atoms with E-state index < -0.39 is 0 Å². The van der Waals surface area contributed by atoms with Crippen molar-refractivity contribution in [1.82, 2.24) is 13.6 Å². The molecule has 3 aromatic rings. The highest BCUT2D eigenvalue weighted by Gasteiger charge is 2.29. The third kappa shape index (κ3) is 4.64. The van der Waals surface area contributed by atoms with E-state index in [1.807, 2.05) is 60.7 Å². The fourth-order valence-corrected chi connectivity index (χ4v) is 5.16. The third-order valence-electron chi connectivity index (χ3n) is 5.05. The molecule has 0 unspecified atom stereocenters. The van der Waals surface area contributed by atoms with Crippen LogP contribution in [0.3, 0.4) is 0 Å². The number of carbonyl (C=O) groups excluding carboxylic acids is 1. The average Bonchev–Trinajstić information content (AvgIpc) is 3.41. The van der Waals surface area contributed by atoms with E-state index in [0.717, 1.165) is 66.0 Å². The summed E-state index contributed by atoms with van der Waals surface area (Å²) in [4.78, 5) is 21.6. The molecule has 0 radical (unpaired) electrons. The number of amidine groups is 1. The first-order chi connectivity index (χ1) is 15.7. The maximum atomic E-state index is 12.5. The van der Waals surface area contributed by atoms with Gasteiger partial charge >= 0.3 is 0 Å². The van der Waals surface area contributed by atoms with Gasteiger partial charge in [-0.3, -0.25) is 4.79 Å². The molecule has 5 rings (SSSR count). The number of ether oxygens (including phenoxy) is 1. The number of amides is 1. The highest BCUT2D eigenvalue weighted by molar-refractivity contribution is 8.18. The van der Waals surface area contributed by atoms with Gasteiger partial charge in [0.25, 0.3) is 5.91 Å². The van der Waals surface area contributed by atoms with Crippen LogP contribution in [0, 0.1) is 0 Å². The predicted octanol–water partition coefficient (Wildman–Crippen LogP) is 4.78. The molecule has 0 spiro atoms. The van der Waals surface area contributed by atoms with Gasteiger partial charge in [-0.05, 0) is 47.7 Å². The Morgan fingerprint density at radius 3 is 2.28 bits per heavy atom. The van der Waals surface area contributed by atoms with Gasteiger partial charge in [-0.25, -0.2) is 0 Å². The summed E-state index contributed by atoms with van der Waals surface area (Å²) in [6.45, 7) is 2.99. The number of halogens is 1. The normalized spacial score (nSPS) is 17.7. The molecule has 0 N–H and O–H groups in total. The van der Waals surface area contributed by atoms with Crippen molar-refractivity contribution in [2.75, 3.05) is 31.1 Å². The topological polar surface area (TPSA) is 70.9 Å². The van der Waals surface area contributed by atoms with Gasteiger partial charge in [0.1, 0.15) is 11.5 Å². The molecule has 2 aliphatic rings. The number of para-hydroxylation sites is 1. The number of aromatic nitrogens is 2. The fourth-order valence-electron chi connectivity index (χ4n) is 3.41. The maximum Gasteiger partial charge on any atom is 0.286 e. The van der Waals surface area contributed by atoms with Crippen molar-refractivity contribution < 1.29 is 9.53 Å². The highest BCUT2D eigenvalue weighted by atomic mass is 35.5. The summed E-state index contributed by atoms with van der Waals surface area (Å²) in [6.07, 6.45) is 1.87. The summed E-state index contributed by atoms with van der Waals surface area (Å²) in [5.41, 5.74) is 0.924. The zero-order valence-corrected chi connectivity index (χ0v) is 19.2. The van der Waals surface area contributed by atoms with E-state index in [1.54, 1.807) is 0 Å². The Labute approximate surface area is 198 Å². The Hall–Kier alpha value is -2.88. The quantitative estimate of drug-likeness (QED) is 0.494. The first-order valence-corrected chi connectivity index (χ1v) is 11.9. The largest absolute Gasteiger partial charge is 0.457 e. The summed E-state index contributed by atoms with van der Waals surface area (Å²) >= 11 is 8.62.